The van der Waals surface area contributed by atoms with Crippen molar-refractivity contribution in [3.05, 3.63) is 52.2 Å². The molecule has 9 heteroatoms. The number of rotatable bonds is 7. The molecule has 3 rings (SSSR count). The van der Waals surface area contributed by atoms with Crippen molar-refractivity contribution in [3.8, 4) is 0 Å². The molecule has 1 saturated heterocycles. The summed E-state index contributed by atoms with van der Waals surface area (Å²) < 4.78 is 39.0. The zero-order valence-corrected chi connectivity index (χ0v) is 18.6. The molecule has 0 unspecified atom stereocenters. The van der Waals surface area contributed by atoms with Crippen LogP contribution in [0.4, 0.5) is 18.9 Å². The number of thiophene rings is 1. The lowest BCUT2D eigenvalue weighted by Gasteiger charge is -2.33. The Bertz CT molecular complexity index is 803. The van der Waals surface area contributed by atoms with E-state index >= 15 is 0 Å². The first-order chi connectivity index (χ1) is 14.3. The van der Waals surface area contributed by atoms with Crippen LogP contribution in [0, 0.1) is 0 Å². The van der Waals surface area contributed by atoms with E-state index in [-0.39, 0.29) is 0 Å². The van der Waals surface area contributed by atoms with Gasteiger partial charge in [0.1, 0.15) is 0 Å². The van der Waals surface area contributed by atoms with Crippen molar-refractivity contribution in [1.29, 1.82) is 0 Å². The fraction of sp³-hybridized carbons (Fsp3) is 0.476. The first-order valence-electron chi connectivity index (χ1n) is 9.98. The molecule has 1 aromatic carbocycles. The third-order valence-corrected chi connectivity index (χ3v) is 6.37. The minimum Gasteiger partial charge on any atom is -0.344 e. The van der Waals surface area contributed by atoms with E-state index in [4.69, 9.17) is 12.2 Å². The molecule has 0 bridgehead atoms. The van der Waals surface area contributed by atoms with Crippen LogP contribution in [0.5, 0.6) is 0 Å². The molecule has 2 aromatic rings. The van der Waals surface area contributed by atoms with Crippen molar-refractivity contribution in [3.63, 3.8) is 0 Å². The standard InChI is InChI=1S/C21H27F3N4S2/c1-26-10-12-27(13-11-26)8-4-9-28(16-19-7-3-14-30-19)20(29)25-18-6-2-5-17(15-18)21(22,23)24/h2-3,5-7,14-15H,4,8-13,16H2,1H3,(H,25,29). The van der Waals surface area contributed by atoms with E-state index in [1.165, 1.54) is 10.9 Å². The molecule has 0 saturated carbocycles. The Hall–Kier alpha value is -1.68. The van der Waals surface area contributed by atoms with Crippen molar-refractivity contribution in [2.24, 2.45) is 0 Å². The lowest BCUT2D eigenvalue weighted by atomic mass is 10.2. The minimum atomic E-state index is -4.38. The normalized spacial score (nSPS) is 15.9. The highest BCUT2D eigenvalue weighted by Crippen LogP contribution is 2.30. The highest BCUT2D eigenvalue weighted by atomic mass is 32.1. The van der Waals surface area contributed by atoms with Crippen molar-refractivity contribution in [2.45, 2.75) is 19.1 Å². The first kappa shape index (κ1) is 23.0. The van der Waals surface area contributed by atoms with Gasteiger partial charge in [-0.1, -0.05) is 12.1 Å². The maximum atomic E-state index is 13.0. The summed E-state index contributed by atoms with van der Waals surface area (Å²) in [5, 5.41) is 5.46. The molecule has 1 fully saturated rings. The molecular weight excluding hydrogens is 429 g/mol. The minimum absolute atomic E-state index is 0.352. The molecule has 0 radical (unpaired) electrons. The van der Waals surface area contributed by atoms with Crippen LogP contribution < -0.4 is 5.32 Å². The number of likely N-dealkylation sites (N-methyl/N-ethyl adjacent to an activating group) is 1. The predicted molar refractivity (Wildman–Crippen MR) is 121 cm³/mol. The van der Waals surface area contributed by atoms with E-state index < -0.39 is 11.7 Å². The van der Waals surface area contributed by atoms with Crippen molar-refractivity contribution >= 4 is 34.4 Å². The van der Waals surface area contributed by atoms with Crippen LogP contribution >= 0.6 is 23.6 Å². The van der Waals surface area contributed by atoms with E-state index in [1.807, 2.05) is 22.4 Å². The van der Waals surface area contributed by atoms with Crippen molar-refractivity contribution < 1.29 is 13.2 Å². The summed E-state index contributed by atoms with van der Waals surface area (Å²) in [6.45, 7) is 6.66. The summed E-state index contributed by atoms with van der Waals surface area (Å²) in [5.41, 5.74) is -0.333. The first-order valence-corrected chi connectivity index (χ1v) is 11.3. The smallest absolute Gasteiger partial charge is 0.344 e. The molecule has 1 N–H and O–H groups in total. The van der Waals surface area contributed by atoms with Gasteiger partial charge in [-0.15, -0.1) is 11.3 Å². The molecule has 0 spiro atoms. The van der Waals surface area contributed by atoms with Gasteiger partial charge in [0, 0.05) is 43.3 Å². The number of anilines is 1. The molecule has 2 heterocycles. The number of nitrogens with one attached hydrogen (secondary N) is 1. The average Bonchev–Trinajstić information content (AvgIpc) is 3.21. The Morgan fingerprint density at radius 2 is 1.93 bits per heavy atom. The summed E-state index contributed by atoms with van der Waals surface area (Å²) in [6.07, 6.45) is -3.43. The van der Waals surface area contributed by atoms with Crippen LogP contribution in [0.25, 0.3) is 0 Å². The Kier molecular flexibility index (Phi) is 8.10. The van der Waals surface area contributed by atoms with Gasteiger partial charge in [0.25, 0.3) is 0 Å². The summed E-state index contributed by atoms with van der Waals surface area (Å²) in [5.74, 6) is 0. The Morgan fingerprint density at radius 1 is 1.17 bits per heavy atom. The number of thiocarbonyl (C=S) groups is 1. The fourth-order valence-electron chi connectivity index (χ4n) is 3.38. The molecule has 4 nitrogen and oxygen atoms in total. The van der Waals surface area contributed by atoms with Gasteiger partial charge >= 0.3 is 6.18 Å². The van der Waals surface area contributed by atoms with E-state index in [9.17, 15) is 13.2 Å². The number of hydrogen-bond donors (Lipinski definition) is 1. The number of piperazine rings is 1. The van der Waals surface area contributed by atoms with E-state index in [0.717, 1.165) is 57.8 Å². The zero-order valence-electron chi connectivity index (χ0n) is 17.0. The van der Waals surface area contributed by atoms with Gasteiger partial charge in [-0.3, -0.25) is 0 Å². The monoisotopic (exact) mass is 456 g/mol. The van der Waals surface area contributed by atoms with Crippen LogP contribution in [0.1, 0.15) is 16.9 Å². The topological polar surface area (TPSA) is 21.8 Å². The number of benzene rings is 1. The van der Waals surface area contributed by atoms with Gasteiger partial charge < -0.3 is 20.0 Å². The molecule has 164 valence electrons. The molecule has 1 aliphatic heterocycles. The van der Waals surface area contributed by atoms with Crippen LogP contribution in [0.3, 0.4) is 0 Å². The third kappa shape index (κ3) is 6.94. The fourth-order valence-corrected chi connectivity index (χ4v) is 4.37. The molecule has 1 aliphatic rings. The second-order valence-electron chi connectivity index (χ2n) is 7.51. The molecular formula is C21H27F3N4S2. The second-order valence-corrected chi connectivity index (χ2v) is 8.93. The maximum absolute atomic E-state index is 13.0. The lowest BCUT2D eigenvalue weighted by molar-refractivity contribution is -0.137. The number of nitrogens with zero attached hydrogens (tertiary/aromatic N) is 3. The van der Waals surface area contributed by atoms with Crippen LogP contribution in [0.2, 0.25) is 0 Å². The Balaban J connectivity index is 1.60. The van der Waals surface area contributed by atoms with E-state index in [2.05, 4.69) is 22.2 Å². The summed E-state index contributed by atoms with van der Waals surface area (Å²) in [4.78, 5) is 7.99. The van der Waals surface area contributed by atoms with Crippen LogP contribution in [-0.4, -0.2) is 66.1 Å². The van der Waals surface area contributed by atoms with Gasteiger partial charge in [0.15, 0.2) is 5.11 Å². The molecule has 30 heavy (non-hydrogen) atoms. The number of hydrogen-bond acceptors (Lipinski definition) is 4. The lowest BCUT2D eigenvalue weighted by Crippen LogP contribution is -2.45. The molecule has 1 aromatic heterocycles. The summed E-state index contributed by atoms with van der Waals surface area (Å²) in [7, 11) is 2.14. The van der Waals surface area contributed by atoms with E-state index in [0.29, 0.717) is 17.3 Å². The van der Waals surface area contributed by atoms with Crippen LogP contribution in [0.15, 0.2) is 41.8 Å². The van der Waals surface area contributed by atoms with Gasteiger partial charge in [0.05, 0.1) is 12.1 Å². The molecule has 0 aliphatic carbocycles. The summed E-state index contributed by atoms with van der Waals surface area (Å²) >= 11 is 7.22. The molecule has 0 amide bonds. The van der Waals surface area contributed by atoms with Crippen LogP contribution in [-0.2, 0) is 12.7 Å². The summed E-state index contributed by atoms with van der Waals surface area (Å²) in [6, 6.07) is 9.20. The number of halogens is 3. The van der Waals surface area contributed by atoms with Gasteiger partial charge in [-0.2, -0.15) is 13.2 Å². The van der Waals surface area contributed by atoms with E-state index in [1.54, 1.807) is 17.4 Å². The van der Waals surface area contributed by atoms with Gasteiger partial charge in [-0.05, 0) is 61.9 Å². The zero-order chi connectivity index (χ0) is 21.6. The molecule has 0 atom stereocenters. The Labute approximate surface area is 185 Å². The largest absolute Gasteiger partial charge is 0.416 e. The van der Waals surface area contributed by atoms with Crippen molar-refractivity contribution in [2.75, 3.05) is 51.6 Å². The van der Waals surface area contributed by atoms with Gasteiger partial charge in [-0.25, -0.2) is 0 Å². The average molecular weight is 457 g/mol. The Morgan fingerprint density at radius 3 is 2.60 bits per heavy atom. The number of alkyl halides is 3. The second kappa shape index (κ2) is 10.6. The highest BCUT2D eigenvalue weighted by molar-refractivity contribution is 7.80. The van der Waals surface area contributed by atoms with Gasteiger partial charge in [0.2, 0.25) is 0 Å². The quantitative estimate of drug-likeness (QED) is 0.613. The predicted octanol–water partition coefficient (Wildman–Crippen LogP) is 4.60. The SMILES string of the molecule is CN1CCN(CCCN(Cc2cccs2)C(=S)Nc2cccc(C(F)(F)F)c2)CC1. The third-order valence-electron chi connectivity index (χ3n) is 5.15. The maximum Gasteiger partial charge on any atom is 0.416 e. The highest BCUT2D eigenvalue weighted by Gasteiger charge is 2.30. The van der Waals surface area contributed by atoms with Crippen molar-refractivity contribution in [1.82, 2.24) is 14.7 Å².